The molecule has 0 aromatic heterocycles. The summed E-state index contributed by atoms with van der Waals surface area (Å²) >= 11 is 0. The van der Waals surface area contributed by atoms with Gasteiger partial charge in [-0.05, 0) is 25.0 Å². The number of amides is 1. The van der Waals surface area contributed by atoms with Crippen molar-refractivity contribution in [3.8, 4) is 0 Å². The molecule has 0 radical (unpaired) electrons. The van der Waals surface area contributed by atoms with Gasteiger partial charge in [0.05, 0.1) is 0 Å². The zero-order valence-electron chi connectivity index (χ0n) is 9.06. The molecule has 1 aliphatic heterocycles. The second-order valence-electron chi connectivity index (χ2n) is 3.88. The molecular weight excluding hydrogens is 190 g/mol. The molecule has 15 heavy (non-hydrogen) atoms. The van der Waals surface area contributed by atoms with Gasteiger partial charge in [-0.25, -0.2) is 0 Å². The van der Waals surface area contributed by atoms with Crippen molar-refractivity contribution in [3.63, 3.8) is 0 Å². The Kier molecular flexibility index (Phi) is 2.73. The average Bonchev–Trinajstić information content (AvgIpc) is 2.54. The summed E-state index contributed by atoms with van der Waals surface area (Å²) in [4.78, 5) is 13.7. The van der Waals surface area contributed by atoms with Gasteiger partial charge in [-0.15, -0.1) is 0 Å². The zero-order valence-corrected chi connectivity index (χ0v) is 9.06. The largest absolute Gasteiger partial charge is 0.375 e. The van der Waals surface area contributed by atoms with Crippen molar-refractivity contribution in [2.24, 2.45) is 0 Å². The van der Waals surface area contributed by atoms with E-state index in [2.05, 4.69) is 13.0 Å². The number of hydrogen-bond donors (Lipinski definition) is 0. The highest BCUT2D eigenvalue weighted by Crippen LogP contribution is 2.31. The minimum absolute atomic E-state index is 0.0370. The Morgan fingerprint density at radius 2 is 2.27 bits per heavy atom. The molecule has 3 heteroatoms. The lowest BCUT2D eigenvalue weighted by Gasteiger charge is -2.22. The highest BCUT2D eigenvalue weighted by Gasteiger charge is 2.29. The molecule has 1 aromatic rings. The van der Waals surface area contributed by atoms with Gasteiger partial charge in [0, 0.05) is 18.8 Å². The van der Waals surface area contributed by atoms with E-state index in [4.69, 9.17) is 4.74 Å². The van der Waals surface area contributed by atoms with Crippen LogP contribution >= 0.6 is 0 Å². The summed E-state index contributed by atoms with van der Waals surface area (Å²) < 4.78 is 4.89. The molecule has 1 aromatic carbocycles. The molecule has 1 unspecified atom stereocenters. The number of anilines is 1. The summed E-state index contributed by atoms with van der Waals surface area (Å²) in [6.07, 6.45) is 0.936. The lowest BCUT2D eigenvalue weighted by molar-refractivity contribution is -0.122. The number of carbonyl (C=O) groups is 1. The van der Waals surface area contributed by atoms with Crippen LogP contribution in [0.2, 0.25) is 0 Å². The molecule has 0 spiro atoms. The first-order valence-electron chi connectivity index (χ1n) is 5.13. The third-order valence-electron chi connectivity index (χ3n) is 2.74. The molecule has 0 N–H and O–H groups in total. The van der Waals surface area contributed by atoms with Crippen LogP contribution in [-0.2, 0) is 16.0 Å². The van der Waals surface area contributed by atoms with Gasteiger partial charge in [-0.2, -0.15) is 0 Å². The average molecular weight is 205 g/mol. The Hall–Kier alpha value is -1.35. The van der Waals surface area contributed by atoms with Crippen LogP contribution in [0.1, 0.15) is 12.5 Å². The van der Waals surface area contributed by atoms with E-state index in [1.165, 1.54) is 5.56 Å². The molecule has 0 bridgehead atoms. The number of ether oxygens (including phenoxy) is 1. The topological polar surface area (TPSA) is 29.5 Å². The molecule has 1 amide bonds. The van der Waals surface area contributed by atoms with Crippen LogP contribution in [0, 0.1) is 0 Å². The number of fused-ring (bicyclic) bond motifs is 1. The van der Waals surface area contributed by atoms with Crippen molar-refractivity contribution in [1.29, 1.82) is 0 Å². The molecule has 0 saturated heterocycles. The van der Waals surface area contributed by atoms with Crippen molar-refractivity contribution in [3.05, 3.63) is 29.8 Å². The van der Waals surface area contributed by atoms with Crippen LogP contribution in [0.5, 0.6) is 0 Å². The van der Waals surface area contributed by atoms with Gasteiger partial charge in [0.1, 0.15) is 6.61 Å². The Morgan fingerprint density at radius 3 is 3.00 bits per heavy atom. The Morgan fingerprint density at radius 1 is 1.53 bits per heavy atom. The van der Waals surface area contributed by atoms with E-state index >= 15 is 0 Å². The van der Waals surface area contributed by atoms with Crippen molar-refractivity contribution < 1.29 is 9.53 Å². The molecule has 3 nitrogen and oxygen atoms in total. The van der Waals surface area contributed by atoms with Crippen LogP contribution in [0.3, 0.4) is 0 Å². The maximum atomic E-state index is 11.8. The van der Waals surface area contributed by atoms with Crippen LogP contribution in [0.4, 0.5) is 5.69 Å². The second kappa shape index (κ2) is 4.03. The summed E-state index contributed by atoms with van der Waals surface area (Å²) in [6.45, 7) is 2.21. The minimum atomic E-state index is 0.0370. The van der Waals surface area contributed by atoms with Crippen molar-refractivity contribution in [2.45, 2.75) is 19.4 Å². The van der Waals surface area contributed by atoms with Crippen LogP contribution < -0.4 is 4.90 Å². The van der Waals surface area contributed by atoms with Gasteiger partial charge in [-0.3, -0.25) is 4.79 Å². The summed E-state index contributed by atoms with van der Waals surface area (Å²) in [6, 6.07) is 8.28. The molecule has 1 heterocycles. The lowest BCUT2D eigenvalue weighted by Crippen LogP contribution is -2.38. The quantitative estimate of drug-likeness (QED) is 0.734. The van der Waals surface area contributed by atoms with E-state index in [1.807, 2.05) is 23.1 Å². The summed E-state index contributed by atoms with van der Waals surface area (Å²) in [7, 11) is 1.55. The Labute approximate surface area is 89.7 Å². The highest BCUT2D eigenvalue weighted by atomic mass is 16.5. The van der Waals surface area contributed by atoms with E-state index in [-0.39, 0.29) is 18.6 Å². The van der Waals surface area contributed by atoms with E-state index in [1.54, 1.807) is 7.11 Å². The molecular formula is C12H15NO2. The molecule has 0 saturated carbocycles. The van der Waals surface area contributed by atoms with Crippen molar-refractivity contribution in [1.82, 2.24) is 0 Å². The number of nitrogens with zero attached hydrogens (tertiary/aromatic N) is 1. The maximum Gasteiger partial charge on any atom is 0.253 e. The van der Waals surface area contributed by atoms with Gasteiger partial charge in [0.2, 0.25) is 0 Å². The number of para-hydroxylation sites is 1. The van der Waals surface area contributed by atoms with Gasteiger partial charge >= 0.3 is 0 Å². The summed E-state index contributed by atoms with van der Waals surface area (Å²) in [5.74, 6) is 0.0370. The monoisotopic (exact) mass is 205 g/mol. The zero-order chi connectivity index (χ0) is 10.8. The molecule has 0 aliphatic carbocycles. The highest BCUT2D eigenvalue weighted by molar-refractivity contribution is 5.96. The SMILES string of the molecule is COCC(=O)N1c2ccccc2CC1C. The normalized spacial score (nSPS) is 19.1. The number of methoxy groups -OCH3 is 1. The molecule has 0 fully saturated rings. The standard InChI is InChI=1S/C12H15NO2/c1-9-7-10-5-3-4-6-11(10)13(9)12(14)8-15-2/h3-6,9H,7-8H2,1-2H3. The van der Waals surface area contributed by atoms with Crippen molar-refractivity contribution in [2.75, 3.05) is 18.6 Å². The van der Waals surface area contributed by atoms with Gasteiger partial charge in [-0.1, -0.05) is 18.2 Å². The van der Waals surface area contributed by atoms with Gasteiger partial charge < -0.3 is 9.64 Å². The maximum absolute atomic E-state index is 11.8. The third-order valence-corrected chi connectivity index (χ3v) is 2.74. The van der Waals surface area contributed by atoms with Crippen molar-refractivity contribution >= 4 is 11.6 Å². The lowest BCUT2D eigenvalue weighted by atomic mass is 10.1. The van der Waals surface area contributed by atoms with Crippen LogP contribution in [-0.4, -0.2) is 25.7 Å². The smallest absolute Gasteiger partial charge is 0.253 e. The fraction of sp³-hybridized carbons (Fsp3) is 0.417. The predicted octanol–water partition coefficient (Wildman–Crippen LogP) is 1.61. The number of rotatable bonds is 2. The third kappa shape index (κ3) is 1.75. The first kappa shape index (κ1) is 10.2. The fourth-order valence-electron chi connectivity index (χ4n) is 2.14. The van der Waals surface area contributed by atoms with E-state index in [9.17, 15) is 4.79 Å². The van der Waals surface area contributed by atoms with E-state index in [0.717, 1.165) is 12.1 Å². The predicted molar refractivity (Wildman–Crippen MR) is 59.0 cm³/mol. The van der Waals surface area contributed by atoms with E-state index < -0.39 is 0 Å². The summed E-state index contributed by atoms with van der Waals surface area (Å²) in [5.41, 5.74) is 2.28. The summed E-state index contributed by atoms with van der Waals surface area (Å²) in [5, 5.41) is 0. The second-order valence-corrected chi connectivity index (χ2v) is 3.88. The number of hydrogen-bond acceptors (Lipinski definition) is 2. The minimum Gasteiger partial charge on any atom is -0.375 e. The number of benzene rings is 1. The van der Waals surface area contributed by atoms with Crippen LogP contribution in [0.25, 0.3) is 0 Å². The first-order valence-corrected chi connectivity index (χ1v) is 5.13. The molecule has 1 atom stereocenters. The molecule has 80 valence electrons. The fourth-order valence-corrected chi connectivity index (χ4v) is 2.14. The number of carbonyl (C=O) groups excluding carboxylic acids is 1. The van der Waals surface area contributed by atoms with Gasteiger partial charge in [0.15, 0.2) is 0 Å². The Bertz CT molecular complexity index is 376. The first-order chi connectivity index (χ1) is 7.24. The molecule has 1 aliphatic rings. The Balaban J connectivity index is 2.29. The van der Waals surface area contributed by atoms with Crippen LogP contribution in [0.15, 0.2) is 24.3 Å². The van der Waals surface area contributed by atoms with Gasteiger partial charge in [0.25, 0.3) is 5.91 Å². The molecule has 2 rings (SSSR count). The van der Waals surface area contributed by atoms with E-state index in [0.29, 0.717) is 0 Å².